The van der Waals surface area contributed by atoms with E-state index in [1.54, 1.807) is 60.0 Å². The molecule has 0 aromatic carbocycles. The van der Waals surface area contributed by atoms with Crippen molar-refractivity contribution >= 4 is 45.3 Å². The van der Waals surface area contributed by atoms with E-state index in [1.807, 2.05) is 0 Å². The molecule has 338 valence electrons. The lowest BCUT2D eigenvalue weighted by Gasteiger charge is -2.30. The Morgan fingerprint density at radius 2 is 1.62 bits per heavy atom. The van der Waals surface area contributed by atoms with Crippen LogP contribution in [0, 0.1) is 0 Å². The number of carbonyl (C=O) groups is 3. The van der Waals surface area contributed by atoms with Crippen molar-refractivity contribution < 1.29 is 56.0 Å². The molecule has 4 N–H and O–H groups in total. The third-order valence-electron chi connectivity index (χ3n) is 9.66. The highest BCUT2D eigenvalue weighted by Crippen LogP contribution is 2.44. The molecule has 3 saturated heterocycles. The number of amides is 3. The third kappa shape index (κ3) is 13.0. The largest absolute Gasteiger partial charge is 0.444 e. The molecule has 3 amide bonds. The number of ether oxygens (including phenoxy) is 7. The zero-order chi connectivity index (χ0) is 43.9. The molecule has 3 fully saturated rings. The third-order valence-corrected chi connectivity index (χ3v) is 11.1. The normalized spacial score (nSPS) is 22.9. The minimum Gasteiger partial charge on any atom is -0.444 e. The molecule has 0 unspecified atom stereocenters. The summed E-state index contributed by atoms with van der Waals surface area (Å²) in [4.78, 5) is 52.3. The number of nitrogens with two attached hydrogens (primary N) is 1. The molecule has 3 aliphatic rings. The SMILES string of the molecule is CC(C)(C)OC(=O)NCCOCCOCCCCCCN(C[C@H]1O[C@@H](n2cnc3c(N)ncnc32)[C@@H]2OC(C)(C)O[C@@H]21)S(=O)(=O)NC(=O)[C@@H]1CCCN1C(=O)OC(C)(C)C. The summed E-state index contributed by atoms with van der Waals surface area (Å²) in [6.07, 6.45) is 2.06. The predicted molar refractivity (Wildman–Crippen MR) is 216 cm³/mol. The maximum Gasteiger partial charge on any atom is 0.410 e. The molecule has 5 heterocycles. The van der Waals surface area contributed by atoms with E-state index < -0.39 is 75.9 Å². The van der Waals surface area contributed by atoms with Gasteiger partial charge in [-0.2, -0.15) is 12.7 Å². The summed E-state index contributed by atoms with van der Waals surface area (Å²) in [5.41, 5.74) is 5.47. The fourth-order valence-corrected chi connectivity index (χ4v) is 8.37. The van der Waals surface area contributed by atoms with Crippen molar-refractivity contribution in [2.75, 3.05) is 58.3 Å². The number of hydrogen-bond donors (Lipinski definition) is 3. The molecule has 5 rings (SSSR count). The Kier molecular flexibility index (Phi) is 15.6. The lowest BCUT2D eigenvalue weighted by Crippen LogP contribution is -2.53. The molecule has 0 saturated carbocycles. The second-order valence-electron chi connectivity index (χ2n) is 17.4. The second kappa shape index (κ2) is 19.8. The van der Waals surface area contributed by atoms with Gasteiger partial charge in [-0.15, -0.1) is 0 Å². The Bertz CT molecular complexity index is 1880. The van der Waals surface area contributed by atoms with Crippen molar-refractivity contribution in [2.24, 2.45) is 0 Å². The molecule has 21 nitrogen and oxygen atoms in total. The summed E-state index contributed by atoms with van der Waals surface area (Å²) in [6, 6.07) is -1.02. The number of nitrogens with zero attached hydrogens (tertiary/aromatic N) is 6. The fourth-order valence-electron chi connectivity index (χ4n) is 7.14. The monoisotopic (exact) mass is 869 g/mol. The highest BCUT2D eigenvalue weighted by atomic mass is 32.2. The van der Waals surface area contributed by atoms with E-state index in [1.165, 1.54) is 21.9 Å². The Morgan fingerprint density at radius 3 is 2.33 bits per heavy atom. The van der Waals surface area contributed by atoms with Gasteiger partial charge in [-0.1, -0.05) is 12.8 Å². The average Bonchev–Trinajstić information content (AvgIpc) is 3.92. The van der Waals surface area contributed by atoms with Crippen LogP contribution in [-0.4, -0.2) is 149 Å². The zero-order valence-corrected chi connectivity index (χ0v) is 36.8. The minimum absolute atomic E-state index is 0.0546. The van der Waals surface area contributed by atoms with E-state index in [-0.39, 0.29) is 31.9 Å². The molecule has 5 atom stereocenters. The molecular formula is C38H63N9O12S. The van der Waals surface area contributed by atoms with Crippen LogP contribution in [0.5, 0.6) is 0 Å². The van der Waals surface area contributed by atoms with E-state index in [2.05, 4.69) is 25.0 Å². The molecule has 2 aromatic heterocycles. The molecular weight excluding hydrogens is 807 g/mol. The Morgan fingerprint density at radius 1 is 0.933 bits per heavy atom. The van der Waals surface area contributed by atoms with Gasteiger partial charge in [0.05, 0.1) is 26.1 Å². The van der Waals surface area contributed by atoms with Gasteiger partial charge < -0.3 is 44.2 Å². The van der Waals surface area contributed by atoms with Gasteiger partial charge in [0.15, 0.2) is 23.5 Å². The van der Waals surface area contributed by atoms with Crippen molar-refractivity contribution in [2.45, 2.75) is 141 Å². The fraction of sp³-hybridized carbons (Fsp3) is 0.789. The summed E-state index contributed by atoms with van der Waals surface area (Å²) in [6.45, 7) is 16.1. The smallest absolute Gasteiger partial charge is 0.410 e. The van der Waals surface area contributed by atoms with E-state index in [4.69, 9.17) is 38.9 Å². The first-order chi connectivity index (χ1) is 28.1. The topological polar surface area (TPSA) is 250 Å². The van der Waals surface area contributed by atoms with E-state index in [0.29, 0.717) is 63.4 Å². The van der Waals surface area contributed by atoms with Crippen LogP contribution in [0.25, 0.3) is 11.2 Å². The summed E-state index contributed by atoms with van der Waals surface area (Å²) in [5.74, 6) is -1.65. The number of nitrogens with one attached hydrogen (secondary N) is 2. The van der Waals surface area contributed by atoms with Crippen LogP contribution in [0.15, 0.2) is 12.7 Å². The van der Waals surface area contributed by atoms with Gasteiger partial charge in [-0.3, -0.25) is 14.3 Å². The number of likely N-dealkylation sites (tertiary alicyclic amines) is 1. The summed E-state index contributed by atoms with van der Waals surface area (Å²) < 4.78 is 74.4. The number of nitrogen functional groups attached to an aromatic ring is 1. The predicted octanol–water partition coefficient (Wildman–Crippen LogP) is 3.01. The lowest BCUT2D eigenvalue weighted by atomic mass is 10.1. The van der Waals surface area contributed by atoms with Crippen LogP contribution in [0.3, 0.4) is 0 Å². The van der Waals surface area contributed by atoms with Crippen LogP contribution >= 0.6 is 0 Å². The maximum atomic E-state index is 14.2. The molecule has 0 spiro atoms. The van der Waals surface area contributed by atoms with Gasteiger partial charge in [-0.25, -0.2) is 29.3 Å². The van der Waals surface area contributed by atoms with E-state index in [0.717, 1.165) is 12.8 Å². The van der Waals surface area contributed by atoms with Crippen molar-refractivity contribution in [3.63, 3.8) is 0 Å². The molecule has 60 heavy (non-hydrogen) atoms. The maximum absolute atomic E-state index is 14.2. The molecule has 3 aliphatic heterocycles. The van der Waals surface area contributed by atoms with Crippen LogP contribution in [0.2, 0.25) is 0 Å². The highest BCUT2D eigenvalue weighted by molar-refractivity contribution is 7.87. The molecule has 0 bridgehead atoms. The molecule has 2 aromatic rings. The first kappa shape index (κ1) is 47.1. The highest BCUT2D eigenvalue weighted by Gasteiger charge is 2.57. The number of alkyl carbamates (subject to hydrolysis) is 1. The van der Waals surface area contributed by atoms with Crippen molar-refractivity contribution in [1.29, 1.82) is 0 Å². The number of aromatic nitrogens is 4. The van der Waals surface area contributed by atoms with Gasteiger partial charge >= 0.3 is 22.4 Å². The number of carbonyl (C=O) groups excluding carboxylic acids is 3. The average molecular weight is 870 g/mol. The summed E-state index contributed by atoms with van der Waals surface area (Å²) in [5, 5.41) is 2.63. The number of anilines is 1. The minimum atomic E-state index is -4.47. The van der Waals surface area contributed by atoms with Crippen molar-refractivity contribution in [3.05, 3.63) is 12.7 Å². The van der Waals surface area contributed by atoms with E-state index >= 15 is 0 Å². The van der Waals surface area contributed by atoms with Gasteiger partial charge in [0.2, 0.25) is 0 Å². The number of hydrogen-bond acceptors (Lipinski definition) is 16. The first-order valence-corrected chi connectivity index (χ1v) is 22.0. The number of rotatable bonds is 19. The zero-order valence-electron chi connectivity index (χ0n) is 36.0. The van der Waals surface area contributed by atoms with Crippen LogP contribution in [0.1, 0.15) is 100 Å². The first-order valence-electron chi connectivity index (χ1n) is 20.5. The van der Waals surface area contributed by atoms with Crippen LogP contribution in [-0.2, 0) is 48.2 Å². The number of unbranched alkanes of at least 4 members (excludes halogenated alkanes) is 3. The number of imidazole rings is 1. The van der Waals surface area contributed by atoms with Gasteiger partial charge in [-0.05, 0) is 81.1 Å². The Balaban J connectivity index is 1.19. The Hall–Kier alpha value is -3.93. The second-order valence-corrected chi connectivity index (χ2v) is 19.1. The van der Waals surface area contributed by atoms with Crippen molar-refractivity contribution in [1.82, 2.24) is 38.8 Å². The molecule has 0 radical (unpaired) electrons. The summed E-state index contributed by atoms with van der Waals surface area (Å²) in [7, 11) is -4.47. The van der Waals surface area contributed by atoms with Crippen molar-refractivity contribution in [3.8, 4) is 0 Å². The summed E-state index contributed by atoms with van der Waals surface area (Å²) >= 11 is 0. The molecule has 22 heteroatoms. The van der Waals surface area contributed by atoms with E-state index in [9.17, 15) is 22.8 Å². The van der Waals surface area contributed by atoms with Crippen LogP contribution in [0.4, 0.5) is 15.4 Å². The number of fused-ring (bicyclic) bond motifs is 2. The van der Waals surface area contributed by atoms with Gasteiger partial charge in [0, 0.05) is 32.8 Å². The Labute approximate surface area is 351 Å². The standard InChI is InChI=1S/C38H63N9O12S/c1-36(2,3)58-34(49)40-15-19-54-21-20-53-18-12-10-9-11-16-45(60(51,52)44-32(48)25-14-13-17-46(25)35(50)59-37(4,5)6)22-26-28-29(57-38(7,8)56-28)33(55-26)47-24-43-27-30(39)41-23-42-31(27)47/h23-26,28-29,33H,9-22H2,1-8H3,(H,40,49)(H,44,48)(H2,39,41,42)/t25-,26+,28+,29+,33+/m0/s1. The van der Waals surface area contributed by atoms with Crippen LogP contribution < -0.4 is 15.8 Å². The quantitative estimate of drug-likeness (QED) is 0.172. The van der Waals surface area contributed by atoms with Gasteiger partial charge in [0.25, 0.3) is 5.91 Å². The lowest BCUT2D eigenvalue weighted by molar-refractivity contribution is -0.196. The van der Waals surface area contributed by atoms with Gasteiger partial charge in [0.1, 0.15) is 47.4 Å². The molecule has 0 aliphatic carbocycles.